The number of carbonyl (C=O) groups is 1. The van der Waals surface area contributed by atoms with Crippen molar-refractivity contribution in [2.75, 3.05) is 26.2 Å². The molecular weight excluding hydrogens is 304 g/mol. The highest BCUT2D eigenvalue weighted by Crippen LogP contribution is 2.22. The third kappa shape index (κ3) is 3.21. The second-order valence-electron chi connectivity index (χ2n) is 4.02. The minimum absolute atomic E-state index is 0.0196. The predicted molar refractivity (Wildman–Crippen MR) is 72.5 cm³/mol. The molecule has 1 aliphatic heterocycles. The number of halogens is 2. The van der Waals surface area contributed by atoms with Gasteiger partial charge in [0.25, 0.3) is 5.91 Å². The Kier molecular flexibility index (Phi) is 4.42. The van der Waals surface area contributed by atoms with Gasteiger partial charge < -0.3 is 10.2 Å². The largest absolute Gasteiger partial charge is 0.337 e. The molecular formula is C12H14BrClN2O. The summed E-state index contributed by atoms with van der Waals surface area (Å²) >= 11 is 9.43. The summed E-state index contributed by atoms with van der Waals surface area (Å²) in [6, 6.07) is 5.37. The van der Waals surface area contributed by atoms with Crippen LogP contribution in [-0.4, -0.2) is 37.0 Å². The Morgan fingerprint density at radius 1 is 1.35 bits per heavy atom. The molecule has 1 saturated heterocycles. The molecule has 0 aromatic heterocycles. The van der Waals surface area contributed by atoms with Gasteiger partial charge in [0.1, 0.15) is 0 Å². The van der Waals surface area contributed by atoms with Gasteiger partial charge in [-0.2, -0.15) is 0 Å². The third-order valence-corrected chi connectivity index (χ3v) is 3.59. The molecule has 1 amide bonds. The van der Waals surface area contributed by atoms with Crippen LogP contribution in [-0.2, 0) is 0 Å². The topological polar surface area (TPSA) is 32.3 Å². The monoisotopic (exact) mass is 316 g/mol. The maximum Gasteiger partial charge on any atom is 0.255 e. The van der Waals surface area contributed by atoms with Crippen molar-refractivity contribution in [1.29, 1.82) is 0 Å². The molecule has 92 valence electrons. The highest BCUT2D eigenvalue weighted by atomic mass is 79.9. The molecule has 1 fully saturated rings. The average Bonchev–Trinajstić information content (AvgIpc) is 2.56. The molecule has 1 aromatic rings. The van der Waals surface area contributed by atoms with E-state index in [4.69, 9.17) is 11.6 Å². The van der Waals surface area contributed by atoms with E-state index in [9.17, 15) is 4.79 Å². The average molecular weight is 318 g/mol. The lowest BCUT2D eigenvalue weighted by Crippen LogP contribution is -2.34. The number of benzene rings is 1. The van der Waals surface area contributed by atoms with Crippen LogP contribution < -0.4 is 5.32 Å². The zero-order valence-corrected chi connectivity index (χ0v) is 11.7. The standard InChI is InChI=1S/C12H14BrClN2O/c13-9-2-3-10(11(14)8-9)12(17)16-6-1-4-15-5-7-16/h2-3,8,15H,1,4-7H2. The van der Waals surface area contributed by atoms with E-state index in [1.807, 2.05) is 11.0 Å². The molecule has 1 aliphatic rings. The van der Waals surface area contributed by atoms with Crippen molar-refractivity contribution in [2.45, 2.75) is 6.42 Å². The molecule has 0 bridgehead atoms. The summed E-state index contributed by atoms with van der Waals surface area (Å²) in [7, 11) is 0. The molecule has 0 spiro atoms. The summed E-state index contributed by atoms with van der Waals surface area (Å²) in [5.41, 5.74) is 0.580. The lowest BCUT2D eigenvalue weighted by atomic mass is 10.2. The SMILES string of the molecule is O=C(c1ccc(Br)cc1Cl)N1CCCNCC1. The van der Waals surface area contributed by atoms with Gasteiger partial charge in [-0.25, -0.2) is 0 Å². The Hall–Kier alpha value is -0.580. The molecule has 5 heteroatoms. The van der Waals surface area contributed by atoms with Gasteiger partial charge in [-0.1, -0.05) is 27.5 Å². The number of amides is 1. The zero-order valence-electron chi connectivity index (χ0n) is 9.38. The van der Waals surface area contributed by atoms with Crippen molar-refractivity contribution in [2.24, 2.45) is 0 Å². The van der Waals surface area contributed by atoms with Crippen molar-refractivity contribution in [3.05, 3.63) is 33.3 Å². The zero-order chi connectivity index (χ0) is 12.3. The van der Waals surface area contributed by atoms with Crippen LogP contribution in [0.2, 0.25) is 5.02 Å². The normalized spacial score (nSPS) is 16.7. The van der Waals surface area contributed by atoms with Crippen molar-refractivity contribution in [3.63, 3.8) is 0 Å². The van der Waals surface area contributed by atoms with Gasteiger partial charge in [0.05, 0.1) is 10.6 Å². The summed E-state index contributed by atoms with van der Waals surface area (Å²) in [6.07, 6.45) is 0.986. The number of nitrogens with zero attached hydrogens (tertiary/aromatic N) is 1. The molecule has 3 nitrogen and oxygen atoms in total. The first-order chi connectivity index (χ1) is 8.18. The van der Waals surface area contributed by atoms with Crippen LogP contribution in [0.5, 0.6) is 0 Å². The van der Waals surface area contributed by atoms with Gasteiger partial charge in [-0.15, -0.1) is 0 Å². The van der Waals surface area contributed by atoms with E-state index in [2.05, 4.69) is 21.2 Å². The second kappa shape index (κ2) is 5.85. The first kappa shape index (κ1) is 12.9. The Labute approximate surface area is 114 Å². The quantitative estimate of drug-likeness (QED) is 0.863. The maximum absolute atomic E-state index is 12.3. The smallest absolute Gasteiger partial charge is 0.255 e. The Bertz CT molecular complexity index is 417. The molecule has 2 rings (SSSR count). The molecule has 1 heterocycles. The van der Waals surface area contributed by atoms with Crippen LogP contribution >= 0.6 is 27.5 Å². The summed E-state index contributed by atoms with van der Waals surface area (Å²) in [5.74, 6) is 0.0196. The number of hydrogen-bond acceptors (Lipinski definition) is 2. The fraction of sp³-hybridized carbons (Fsp3) is 0.417. The van der Waals surface area contributed by atoms with E-state index in [0.29, 0.717) is 10.6 Å². The lowest BCUT2D eigenvalue weighted by molar-refractivity contribution is 0.0766. The highest BCUT2D eigenvalue weighted by Gasteiger charge is 2.19. The Morgan fingerprint density at radius 2 is 2.18 bits per heavy atom. The van der Waals surface area contributed by atoms with Crippen LogP contribution in [0, 0.1) is 0 Å². The maximum atomic E-state index is 12.3. The van der Waals surface area contributed by atoms with Crippen molar-refractivity contribution in [1.82, 2.24) is 10.2 Å². The summed E-state index contributed by atoms with van der Waals surface area (Å²) in [6.45, 7) is 3.35. The van der Waals surface area contributed by atoms with E-state index in [0.717, 1.165) is 37.1 Å². The van der Waals surface area contributed by atoms with E-state index in [-0.39, 0.29) is 5.91 Å². The van der Waals surface area contributed by atoms with E-state index >= 15 is 0 Å². The number of rotatable bonds is 1. The van der Waals surface area contributed by atoms with Gasteiger partial charge in [0.15, 0.2) is 0 Å². The van der Waals surface area contributed by atoms with Crippen LogP contribution in [0.3, 0.4) is 0 Å². The molecule has 0 unspecified atom stereocenters. The molecule has 0 saturated carbocycles. The fourth-order valence-electron chi connectivity index (χ4n) is 1.88. The van der Waals surface area contributed by atoms with E-state index < -0.39 is 0 Å². The second-order valence-corrected chi connectivity index (χ2v) is 5.34. The minimum Gasteiger partial charge on any atom is -0.337 e. The molecule has 17 heavy (non-hydrogen) atoms. The summed E-state index contributed by atoms with van der Waals surface area (Å²) in [4.78, 5) is 14.1. The van der Waals surface area contributed by atoms with Crippen molar-refractivity contribution in [3.8, 4) is 0 Å². The van der Waals surface area contributed by atoms with Crippen molar-refractivity contribution >= 4 is 33.4 Å². The highest BCUT2D eigenvalue weighted by molar-refractivity contribution is 9.10. The molecule has 1 aromatic carbocycles. The Balaban J connectivity index is 2.17. The number of carbonyl (C=O) groups excluding carboxylic acids is 1. The minimum atomic E-state index is 0.0196. The van der Waals surface area contributed by atoms with Crippen molar-refractivity contribution < 1.29 is 4.79 Å². The van der Waals surface area contributed by atoms with Gasteiger partial charge in [0.2, 0.25) is 0 Å². The van der Waals surface area contributed by atoms with Gasteiger partial charge in [-0.05, 0) is 31.2 Å². The van der Waals surface area contributed by atoms with Gasteiger partial charge in [-0.3, -0.25) is 4.79 Å². The Morgan fingerprint density at radius 3 is 2.94 bits per heavy atom. The first-order valence-corrected chi connectivity index (χ1v) is 6.80. The van der Waals surface area contributed by atoms with Crippen LogP contribution in [0.4, 0.5) is 0 Å². The summed E-state index contributed by atoms with van der Waals surface area (Å²) < 4.78 is 0.886. The molecule has 1 N–H and O–H groups in total. The number of nitrogens with one attached hydrogen (secondary N) is 1. The van der Waals surface area contributed by atoms with E-state index in [1.165, 1.54) is 0 Å². The van der Waals surface area contributed by atoms with Crippen LogP contribution in [0.15, 0.2) is 22.7 Å². The molecule has 0 atom stereocenters. The molecule has 0 radical (unpaired) electrons. The molecule has 0 aliphatic carbocycles. The number of hydrogen-bond donors (Lipinski definition) is 1. The predicted octanol–water partition coefficient (Wildman–Crippen LogP) is 2.54. The van der Waals surface area contributed by atoms with Gasteiger partial charge in [0, 0.05) is 24.1 Å². The summed E-state index contributed by atoms with van der Waals surface area (Å²) in [5, 5.41) is 3.77. The third-order valence-electron chi connectivity index (χ3n) is 2.79. The first-order valence-electron chi connectivity index (χ1n) is 5.63. The fourth-order valence-corrected chi connectivity index (χ4v) is 2.64. The van der Waals surface area contributed by atoms with Crippen LogP contribution in [0.1, 0.15) is 16.8 Å². The van der Waals surface area contributed by atoms with Gasteiger partial charge >= 0.3 is 0 Å². The van der Waals surface area contributed by atoms with E-state index in [1.54, 1.807) is 12.1 Å². The van der Waals surface area contributed by atoms with Crippen LogP contribution in [0.25, 0.3) is 0 Å². The lowest BCUT2D eigenvalue weighted by Gasteiger charge is -2.20.